The number of anilines is 2. The van der Waals surface area contributed by atoms with E-state index in [1.807, 2.05) is 12.1 Å². The first kappa shape index (κ1) is 26.8. The average molecular weight is 546 g/mol. The molecule has 12 heteroatoms. The summed E-state index contributed by atoms with van der Waals surface area (Å²) in [7, 11) is 0. The molecule has 2 fully saturated rings. The van der Waals surface area contributed by atoms with E-state index in [9.17, 15) is 23.3 Å². The van der Waals surface area contributed by atoms with Crippen LogP contribution in [0.1, 0.15) is 38.5 Å². The van der Waals surface area contributed by atoms with Crippen molar-refractivity contribution in [2.45, 2.75) is 63.0 Å². The third-order valence-corrected chi connectivity index (χ3v) is 7.25. The van der Waals surface area contributed by atoms with Gasteiger partial charge in [-0.3, -0.25) is 10.1 Å². The molecule has 0 bridgehead atoms. The molecule has 3 atom stereocenters. The number of oxazole rings is 1. The van der Waals surface area contributed by atoms with Gasteiger partial charge in [0, 0.05) is 54.6 Å². The minimum atomic E-state index is -4.74. The van der Waals surface area contributed by atoms with E-state index in [4.69, 9.17) is 4.42 Å². The van der Waals surface area contributed by atoms with Crippen LogP contribution in [0.25, 0.3) is 11.3 Å². The Bertz CT molecular complexity index is 1250. The van der Waals surface area contributed by atoms with Crippen molar-refractivity contribution < 1.29 is 27.2 Å². The molecular weight excluding hydrogens is 515 g/mol. The van der Waals surface area contributed by atoms with E-state index < -0.39 is 6.36 Å². The highest BCUT2D eigenvalue weighted by Crippen LogP contribution is 2.30. The zero-order valence-corrected chi connectivity index (χ0v) is 21.2. The zero-order valence-electron chi connectivity index (χ0n) is 21.2. The molecule has 1 unspecified atom stereocenters. The number of benzene rings is 2. The van der Waals surface area contributed by atoms with E-state index in [2.05, 4.69) is 25.3 Å². The molecule has 1 aliphatic heterocycles. The summed E-state index contributed by atoms with van der Waals surface area (Å²) >= 11 is 0. The van der Waals surface area contributed by atoms with Crippen molar-refractivity contribution in [2.75, 3.05) is 23.3 Å². The first-order chi connectivity index (χ1) is 18.7. The van der Waals surface area contributed by atoms with Gasteiger partial charge >= 0.3 is 6.36 Å². The molecule has 208 valence electrons. The lowest BCUT2D eigenvalue weighted by molar-refractivity contribution is -0.384. The Morgan fingerprint density at radius 2 is 1.72 bits per heavy atom. The van der Waals surface area contributed by atoms with E-state index in [1.54, 1.807) is 18.3 Å². The van der Waals surface area contributed by atoms with Gasteiger partial charge in [-0.25, -0.2) is 4.98 Å². The molecule has 9 nitrogen and oxygen atoms in total. The molecule has 1 aliphatic carbocycles. The van der Waals surface area contributed by atoms with Gasteiger partial charge in [-0.2, -0.15) is 0 Å². The first-order valence-corrected chi connectivity index (χ1v) is 13.1. The molecule has 2 aliphatic rings. The van der Waals surface area contributed by atoms with Gasteiger partial charge in [-0.15, -0.1) is 13.2 Å². The molecule has 1 saturated heterocycles. The van der Waals surface area contributed by atoms with E-state index in [0.29, 0.717) is 17.3 Å². The third-order valence-electron chi connectivity index (χ3n) is 7.25. The number of nitro benzene ring substituents is 1. The van der Waals surface area contributed by atoms with Gasteiger partial charge < -0.3 is 24.7 Å². The molecule has 2 aromatic carbocycles. The van der Waals surface area contributed by atoms with Crippen LogP contribution in [0.15, 0.2) is 59.1 Å². The average Bonchev–Trinajstić information content (AvgIpc) is 3.38. The Hall–Kier alpha value is -3.80. The van der Waals surface area contributed by atoms with Crippen molar-refractivity contribution >= 4 is 17.4 Å². The number of non-ortho nitro benzene ring substituents is 1. The Morgan fingerprint density at radius 3 is 2.41 bits per heavy atom. The molecule has 1 aromatic heterocycles. The van der Waals surface area contributed by atoms with E-state index >= 15 is 0 Å². The van der Waals surface area contributed by atoms with Crippen molar-refractivity contribution in [3.05, 3.63) is 64.8 Å². The monoisotopic (exact) mass is 545 g/mol. The lowest BCUT2D eigenvalue weighted by Crippen LogP contribution is -2.54. The minimum Gasteiger partial charge on any atom is -0.424 e. The van der Waals surface area contributed by atoms with Crippen LogP contribution < -0.4 is 20.3 Å². The number of alkyl halides is 3. The predicted molar refractivity (Wildman–Crippen MR) is 140 cm³/mol. The summed E-state index contributed by atoms with van der Waals surface area (Å²) < 4.78 is 47.1. The molecule has 1 saturated carbocycles. The number of ether oxygens (including phenoxy) is 1. The summed E-state index contributed by atoms with van der Waals surface area (Å²) in [6.45, 7) is 1.73. The molecule has 0 amide bonds. The van der Waals surface area contributed by atoms with Crippen LogP contribution in [0.3, 0.4) is 0 Å². The topological polar surface area (TPSA) is 106 Å². The first-order valence-electron chi connectivity index (χ1n) is 13.1. The summed E-state index contributed by atoms with van der Waals surface area (Å²) in [5.41, 5.74) is 1.66. The van der Waals surface area contributed by atoms with Gasteiger partial charge in [-0.1, -0.05) is 12.8 Å². The number of aromatic nitrogens is 1. The minimum absolute atomic E-state index is 0.0868. The highest BCUT2D eigenvalue weighted by molar-refractivity contribution is 5.58. The highest BCUT2D eigenvalue weighted by Gasteiger charge is 2.32. The molecule has 3 aromatic rings. The van der Waals surface area contributed by atoms with E-state index in [1.165, 1.54) is 24.3 Å². The van der Waals surface area contributed by atoms with Gasteiger partial charge in [0.1, 0.15) is 5.75 Å². The summed E-state index contributed by atoms with van der Waals surface area (Å²) in [5.74, 6) is 0.150. The number of rotatable bonds is 8. The van der Waals surface area contributed by atoms with Crippen molar-refractivity contribution in [2.24, 2.45) is 0 Å². The number of halogens is 3. The molecule has 0 radical (unpaired) electrons. The maximum Gasteiger partial charge on any atom is 0.573 e. The van der Waals surface area contributed by atoms with Crippen LogP contribution >= 0.6 is 0 Å². The predicted octanol–water partition coefficient (Wildman–Crippen LogP) is 6.13. The van der Waals surface area contributed by atoms with Gasteiger partial charge in [0.2, 0.25) is 0 Å². The van der Waals surface area contributed by atoms with Gasteiger partial charge in [0.15, 0.2) is 5.76 Å². The van der Waals surface area contributed by atoms with E-state index in [-0.39, 0.29) is 34.5 Å². The third kappa shape index (κ3) is 6.99. The van der Waals surface area contributed by atoms with Crippen molar-refractivity contribution in [1.82, 2.24) is 10.3 Å². The Balaban J connectivity index is 1.19. The summed E-state index contributed by atoms with van der Waals surface area (Å²) in [4.78, 5) is 17.2. The van der Waals surface area contributed by atoms with Gasteiger partial charge in [0.25, 0.3) is 11.7 Å². The van der Waals surface area contributed by atoms with Crippen LogP contribution in [0.4, 0.5) is 30.6 Å². The fourth-order valence-electron chi connectivity index (χ4n) is 5.39. The van der Waals surface area contributed by atoms with Crippen LogP contribution in [0, 0.1) is 10.1 Å². The lowest BCUT2D eigenvalue weighted by atomic mass is 9.89. The van der Waals surface area contributed by atoms with Crippen LogP contribution in [-0.4, -0.2) is 47.5 Å². The van der Waals surface area contributed by atoms with Crippen LogP contribution in [0.2, 0.25) is 0 Å². The second kappa shape index (κ2) is 11.5. The maximum atomic E-state index is 12.4. The smallest absolute Gasteiger partial charge is 0.424 e. The van der Waals surface area contributed by atoms with Crippen LogP contribution in [0.5, 0.6) is 5.75 Å². The number of nitrogens with zero attached hydrogens (tertiary/aromatic N) is 3. The Labute approximate surface area is 223 Å². The van der Waals surface area contributed by atoms with Crippen LogP contribution in [-0.2, 0) is 0 Å². The molecule has 39 heavy (non-hydrogen) atoms. The Morgan fingerprint density at radius 1 is 1.00 bits per heavy atom. The summed E-state index contributed by atoms with van der Waals surface area (Å²) in [6, 6.07) is 13.2. The summed E-state index contributed by atoms with van der Waals surface area (Å²) in [5, 5.41) is 18.2. The number of nitro groups is 1. The molecular formula is C27H30F3N5O4. The largest absolute Gasteiger partial charge is 0.573 e. The highest BCUT2D eigenvalue weighted by atomic mass is 19.4. The van der Waals surface area contributed by atoms with Crippen molar-refractivity contribution in [3.63, 3.8) is 0 Å². The summed E-state index contributed by atoms with van der Waals surface area (Å²) in [6.07, 6.45) is 3.06. The Kier molecular flexibility index (Phi) is 7.92. The number of hydrogen-bond donors (Lipinski definition) is 2. The maximum absolute atomic E-state index is 12.4. The number of piperidine rings is 1. The van der Waals surface area contributed by atoms with E-state index in [0.717, 1.165) is 57.3 Å². The molecule has 0 spiro atoms. The van der Waals surface area contributed by atoms with Gasteiger partial charge in [-0.05, 0) is 62.1 Å². The lowest BCUT2D eigenvalue weighted by Gasteiger charge is -2.40. The number of nitrogens with one attached hydrogen (secondary N) is 2. The standard InChI is InChI=1S/C27H30F3N5O4/c28-27(29,30)39-22-13-7-18(8-14-22)25-16-31-26(38-25)33-24-6-2-1-5-23(24)32-19-4-3-15-34(17-19)20-9-11-21(12-10-20)35(36)37/h7-14,16,19,23-24,32H,1-6,15,17H2,(H,31,33)/t19?,23-,24-/m1/s1. The fourth-order valence-corrected chi connectivity index (χ4v) is 5.39. The van der Waals surface area contributed by atoms with Crippen molar-refractivity contribution in [3.8, 4) is 17.1 Å². The quantitative estimate of drug-likeness (QED) is 0.257. The van der Waals surface area contributed by atoms with Crippen molar-refractivity contribution in [1.29, 1.82) is 0 Å². The normalized spacial score (nSPS) is 21.9. The number of hydrogen-bond acceptors (Lipinski definition) is 8. The molecule has 2 N–H and O–H groups in total. The molecule has 2 heterocycles. The fraction of sp³-hybridized carbons (Fsp3) is 0.444. The second-order valence-electron chi connectivity index (χ2n) is 9.97. The SMILES string of the molecule is O=[N+]([O-])c1ccc(N2CCCC(N[C@@H]3CCCC[C@H]3Nc3ncc(-c4ccc(OC(F)(F)F)cc4)o3)C2)cc1. The molecule has 5 rings (SSSR count). The second-order valence-corrected chi connectivity index (χ2v) is 9.97. The van der Waals surface area contributed by atoms with Gasteiger partial charge in [0.05, 0.1) is 11.1 Å². The zero-order chi connectivity index (χ0) is 27.4.